The maximum atomic E-state index is 12.7. The van der Waals surface area contributed by atoms with Crippen LogP contribution in [0.25, 0.3) is 6.08 Å². The topological polar surface area (TPSA) is 122 Å². The smallest absolute Gasteiger partial charge is 0.352 e. The van der Waals surface area contributed by atoms with Crippen molar-refractivity contribution in [1.82, 2.24) is 15.4 Å². The Morgan fingerprint density at radius 1 is 1.36 bits per heavy atom. The van der Waals surface area contributed by atoms with E-state index in [1.54, 1.807) is 18.2 Å². The minimum absolute atomic E-state index is 0.0892. The number of fused-ring (bicyclic) bond motifs is 1. The molecule has 172 valence electrons. The summed E-state index contributed by atoms with van der Waals surface area (Å²) in [5.74, 6) is -0.642. The highest BCUT2D eigenvalue weighted by atomic mass is 32.2. The second kappa shape index (κ2) is 10.2. The van der Waals surface area contributed by atoms with Gasteiger partial charge in [0.15, 0.2) is 5.76 Å². The van der Waals surface area contributed by atoms with Crippen LogP contribution >= 0.6 is 23.5 Å². The number of benzene rings is 1. The van der Waals surface area contributed by atoms with Crippen LogP contribution in [0.5, 0.6) is 5.88 Å². The van der Waals surface area contributed by atoms with Gasteiger partial charge in [-0.2, -0.15) is 0 Å². The number of rotatable bonds is 9. The van der Waals surface area contributed by atoms with E-state index in [4.69, 9.17) is 9.26 Å². The van der Waals surface area contributed by atoms with Gasteiger partial charge in [-0.15, -0.1) is 23.5 Å². The number of ether oxygens (including phenoxy) is 1. The standard InChI is InChI=1S/C22H21N3O6S2/c1-2-30-17-10-14(31-24-17)9-8-13-11-33-21-18(20(27)25(21)19(13)22(28)29)23-16(26)12-32-15-6-4-3-5-7-15/h3-10,18,21H,2,11-12H2,1H3,(H,23,26)(H,28,29)/b9-8+/t18-,21-/m1/s1. The minimum atomic E-state index is -1.20. The molecule has 33 heavy (non-hydrogen) atoms. The Balaban J connectivity index is 1.41. The van der Waals surface area contributed by atoms with Gasteiger partial charge in [0.2, 0.25) is 5.91 Å². The molecule has 1 fully saturated rings. The van der Waals surface area contributed by atoms with E-state index in [1.807, 2.05) is 37.3 Å². The van der Waals surface area contributed by atoms with Crippen molar-refractivity contribution in [2.45, 2.75) is 23.2 Å². The van der Waals surface area contributed by atoms with Crippen molar-refractivity contribution in [1.29, 1.82) is 0 Å². The number of amides is 2. The molecule has 11 heteroatoms. The molecule has 2 aliphatic heterocycles. The number of carboxylic acids is 1. The van der Waals surface area contributed by atoms with Crippen molar-refractivity contribution in [3.05, 3.63) is 59.5 Å². The number of allylic oxidation sites excluding steroid dienone is 1. The first-order chi connectivity index (χ1) is 16.0. The van der Waals surface area contributed by atoms with E-state index in [0.717, 1.165) is 4.90 Å². The average molecular weight is 488 g/mol. The summed E-state index contributed by atoms with van der Waals surface area (Å²) >= 11 is 2.77. The molecule has 1 aromatic carbocycles. The van der Waals surface area contributed by atoms with Crippen molar-refractivity contribution in [3.63, 3.8) is 0 Å². The number of β-lactam (4-membered cyclic amide) rings is 1. The van der Waals surface area contributed by atoms with E-state index in [1.165, 1.54) is 28.4 Å². The summed E-state index contributed by atoms with van der Waals surface area (Å²) in [7, 11) is 0. The van der Waals surface area contributed by atoms with E-state index < -0.39 is 23.3 Å². The normalized spacial score (nSPS) is 19.9. The monoisotopic (exact) mass is 487 g/mol. The number of aromatic nitrogens is 1. The number of nitrogens with zero attached hydrogens (tertiary/aromatic N) is 2. The molecule has 0 bridgehead atoms. The first kappa shape index (κ1) is 23.0. The number of hydrogen-bond donors (Lipinski definition) is 2. The summed E-state index contributed by atoms with van der Waals surface area (Å²) in [5, 5.41) is 15.8. The van der Waals surface area contributed by atoms with Gasteiger partial charge >= 0.3 is 5.97 Å². The van der Waals surface area contributed by atoms with Crippen LogP contribution in [0.2, 0.25) is 0 Å². The van der Waals surface area contributed by atoms with Crippen molar-refractivity contribution in [2.75, 3.05) is 18.1 Å². The van der Waals surface area contributed by atoms with Gasteiger partial charge in [-0.3, -0.25) is 14.5 Å². The van der Waals surface area contributed by atoms with Crippen molar-refractivity contribution in [3.8, 4) is 5.88 Å². The number of nitrogens with one attached hydrogen (secondary N) is 1. The average Bonchev–Trinajstić information content (AvgIpc) is 3.27. The van der Waals surface area contributed by atoms with Crippen LogP contribution in [0.3, 0.4) is 0 Å². The molecule has 0 saturated carbocycles. The lowest BCUT2D eigenvalue weighted by Gasteiger charge is -2.49. The second-order valence-corrected chi connectivity index (χ2v) is 9.22. The van der Waals surface area contributed by atoms with Crippen LogP contribution in [0.1, 0.15) is 12.7 Å². The Morgan fingerprint density at radius 2 is 2.15 bits per heavy atom. The lowest BCUT2D eigenvalue weighted by atomic mass is 10.0. The lowest BCUT2D eigenvalue weighted by molar-refractivity contribution is -0.150. The Kier molecular flexibility index (Phi) is 7.09. The summed E-state index contributed by atoms with van der Waals surface area (Å²) in [5.41, 5.74) is 0.379. The molecule has 0 aliphatic carbocycles. The zero-order chi connectivity index (χ0) is 23.4. The summed E-state index contributed by atoms with van der Waals surface area (Å²) < 4.78 is 10.4. The molecule has 1 aromatic heterocycles. The third-order valence-corrected chi connectivity index (χ3v) is 7.19. The quantitative estimate of drug-likeness (QED) is 0.406. The molecule has 0 spiro atoms. The molecule has 2 aromatic rings. The Morgan fingerprint density at radius 3 is 2.88 bits per heavy atom. The molecular weight excluding hydrogens is 466 g/mol. The highest BCUT2D eigenvalue weighted by molar-refractivity contribution is 8.00. The van der Waals surface area contributed by atoms with Gasteiger partial charge in [0.05, 0.1) is 12.4 Å². The van der Waals surface area contributed by atoms with Crippen LogP contribution in [0.15, 0.2) is 63.2 Å². The number of carbonyl (C=O) groups excluding carboxylic acids is 2. The molecule has 2 atom stereocenters. The van der Waals surface area contributed by atoms with Gasteiger partial charge in [-0.1, -0.05) is 24.3 Å². The molecule has 9 nitrogen and oxygen atoms in total. The molecule has 1 saturated heterocycles. The number of aliphatic carboxylic acids is 1. The SMILES string of the molecule is CCOc1cc(/C=C/C2=C(C(=O)O)N3C(=O)[C@@H](NC(=O)CSc4ccccc4)[C@H]3SC2)on1. The van der Waals surface area contributed by atoms with Crippen molar-refractivity contribution in [2.24, 2.45) is 0 Å². The fourth-order valence-corrected chi connectivity index (χ4v) is 5.45. The van der Waals surface area contributed by atoms with E-state index >= 15 is 0 Å². The molecule has 4 rings (SSSR count). The van der Waals surface area contributed by atoms with Gasteiger partial charge in [-0.05, 0) is 35.9 Å². The highest BCUT2D eigenvalue weighted by Crippen LogP contribution is 2.40. The fourth-order valence-electron chi connectivity index (χ4n) is 3.40. The number of thioether (sulfide) groups is 2. The van der Waals surface area contributed by atoms with Crippen LogP contribution in [0, 0.1) is 0 Å². The van der Waals surface area contributed by atoms with Crippen molar-refractivity contribution < 1.29 is 28.8 Å². The molecule has 0 radical (unpaired) electrons. The third kappa shape index (κ3) is 5.09. The Hall–Kier alpha value is -3.18. The molecule has 2 N–H and O–H groups in total. The van der Waals surface area contributed by atoms with E-state index in [-0.39, 0.29) is 17.4 Å². The molecular formula is C22H21N3O6S2. The zero-order valence-electron chi connectivity index (χ0n) is 17.6. The molecule has 0 unspecified atom stereocenters. The summed E-state index contributed by atoms with van der Waals surface area (Å²) in [4.78, 5) is 39.2. The first-order valence-corrected chi connectivity index (χ1v) is 12.2. The maximum Gasteiger partial charge on any atom is 0.352 e. The Bertz CT molecular complexity index is 1110. The lowest BCUT2D eigenvalue weighted by Crippen LogP contribution is -2.70. The number of carbonyl (C=O) groups is 3. The van der Waals surface area contributed by atoms with Crippen LogP contribution in [-0.2, 0) is 14.4 Å². The van der Waals surface area contributed by atoms with Crippen molar-refractivity contribution >= 4 is 47.4 Å². The van der Waals surface area contributed by atoms with E-state index in [2.05, 4.69) is 10.5 Å². The first-order valence-electron chi connectivity index (χ1n) is 10.1. The largest absolute Gasteiger partial charge is 0.477 e. The number of carboxylic acid groups (broad SMARTS) is 1. The molecule has 2 aliphatic rings. The molecule has 3 heterocycles. The van der Waals surface area contributed by atoms with Gasteiger partial charge in [0.1, 0.15) is 17.1 Å². The minimum Gasteiger partial charge on any atom is -0.477 e. The second-order valence-electron chi connectivity index (χ2n) is 7.07. The summed E-state index contributed by atoms with van der Waals surface area (Å²) in [6.07, 6.45) is 3.18. The summed E-state index contributed by atoms with van der Waals surface area (Å²) in [6, 6.07) is 10.3. The highest BCUT2D eigenvalue weighted by Gasteiger charge is 2.53. The van der Waals surface area contributed by atoms with Gasteiger partial charge in [0.25, 0.3) is 11.8 Å². The van der Waals surface area contributed by atoms with Crippen LogP contribution in [-0.4, -0.2) is 62.5 Å². The van der Waals surface area contributed by atoms with Crippen LogP contribution in [0.4, 0.5) is 0 Å². The Labute approximate surface area is 198 Å². The van der Waals surface area contributed by atoms with Gasteiger partial charge < -0.3 is 19.7 Å². The predicted molar refractivity (Wildman–Crippen MR) is 124 cm³/mol. The number of hydrogen-bond acceptors (Lipinski definition) is 8. The van der Waals surface area contributed by atoms with Gasteiger partial charge in [0, 0.05) is 16.7 Å². The predicted octanol–water partition coefficient (Wildman–Crippen LogP) is 2.62. The zero-order valence-corrected chi connectivity index (χ0v) is 19.2. The fraction of sp³-hybridized carbons (Fsp3) is 0.273. The van der Waals surface area contributed by atoms with Gasteiger partial charge in [-0.25, -0.2) is 4.79 Å². The summed E-state index contributed by atoms with van der Waals surface area (Å²) in [6.45, 7) is 2.27. The van der Waals surface area contributed by atoms with E-state index in [9.17, 15) is 19.5 Å². The molecule has 2 amide bonds. The maximum absolute atomic E-state index is 12.7. The van der Waals surface area contributed by atoms with E-state index in [0.29, 0.717) is 29.6 Å². The third-order valence-electron chi connectivity index (χ3n) is 4.88. The van der Waals surface area contributed by atoms with Crippen LogP contribution < -0.4 is 10.1 Å².